The Morgan fingerprint density at radius 3 is 2.81 bits per heavy atom. The highest BCUT2D eigenvalue weighted by Crippen LogP contribution is 2.52. The second-order valence-corrected chi connectivity index (χ2v) is 12.8. The summed E-state index contributed by atoms with van der Waals surface area (Å²) < 4.78 is -0.615. The molecule has 0 spiro atoms. The Balaban J connectivity index is 1.33. The van der Waals surface area contributed by atoms with Gasteiger partial charge in [0.1, 0.15) is 17.5 Å². The minimum atomic E-state index is -1.01. The Kier molecular flexibility index (Phi) is 5.43. The van der Waals surface area contributed by atoms with Gasteiger partial charge in [0.05, 0.1) is 11.6 Å². The topological polar surface area (TPSA) is 126 Å². The molecule has 174 valence electrons. The van der Waals surface area contributed by atoms with Crippen LogP contribution in [0, 0.1) is 17.8 Å². The number of nitrogens with one attached hydrogen (secondary N) is 1. The van der Waals surface area contributed by atoms with Crippen molar-refractivity contribution in [1.82, 2.24) is 15.2 Å². The number of β-lactam (4-membered cyclic amide) rings is 1. The van der Waals surface area contributed by atoms with Gasteiger partial charge in [-0.15, -0.1) is 23.1 Å². The van der Waals surface area contributed by atoms with Crippen LogP contribution in [0.3, 0.4) is 0 Å². The molecule has 7 atom stereocenters. The van der Waals surface area contributed by atoms with Crippen LogP contribution in [-0.4, -0.2) is 55.0 Å². The fraction of sp³-hybridized carbons (Fsp3) is 0.727. The lowest BCUT2D eigenvalue weighted by molar-refractivity contribution is -0.161. The van der Waals surface area contributed by atoms with Crippen LogP contribution >= 0.6 is 23.1 Å². The number of thioether (sulfide) groups is 1. The third-order valence-corrected chi connectivity index (χ3v) is 10.2. The van der Waals surface area contributed by atoms with E-state index in [0.717, 1.165) is 18.8 Å². The lowest BCUT2D eigenvalue weighted by atomic mass is 9.83. The van der Waals surface area contributed by atoms with E-state index < -0.39 is 28.7 Å². The monoisotopic (exact) mass is 478 g/mol. The number of nitrogen functional groups attached to an aromatic ring is 1. The van der Waals surface area contributed by atoms with E-state index in [1.54, 1.807) is 0 Å². The molecule has 2 saturated heterocycles. The molecule has 2 amide bonds. The SMILES string of the molecule is CC1(C)S[C@@H]2[C@@H](NC(=O)C(CC3CC[C@H]4CCC[C@@H]34)c3csc(N)n3)C(=O)N2[C@H]1C(=O)O. The number of aliphatic carboxylic acids is 1. The van der Waals surface area contributed by atoms with E-state index >= 15 is 0 Å². The number of thiazole rings is 1. The molecule has 1 aromatic rings. The largest absolute Gasteiger partial charge is 0.480 e. The molecule has 4 N–H and O–H groups in total. The second kappa shape index (κ2) is 7.90. The fourth-order valence-electron chi connectivity index (χ4n) is 6.50. The molecule has 5 rings (SSSR count). The minimum Gasteiger partial charge on any atom is -0.480 e. The molecule has 10 heteroatoms. The van der Waals surface area contributed by atoms with Crippen LogP contribution in [0.2, 0.25) is 0 Å². The zero-order valence-electron chi connectivity index (χ0n) is 18.3. The van der Waals surface area contributed by atoms with Crippen molar-refractivity contribution < 1.29 is 19.5 Å². The van der Waals surface area contributed by atoms with Crippen molar-refractivity contribution in [2.75, 3.05) is 5.73 Å². The molecule has 8 nitrogen and oxygen atoms in total. The maximum atomic E-state index is 13.5. The van der Waals surface area contributed by atoms with Crippen LogP contribution < -0.4 is 11.1 Å². The third kappa shape index (κ3) is 3.50. The molecule has 0 aromatic carbocycles. The van der Waals surface area contributed by atoms with Gasteiger partial charge in [0, 0.05) is 10.1 Å². The van der Waals surface area contributed by atoms with Crippen molar-refractivity contribution in [1.29, 1.82) is 0 Å². The van der Waals surface area contributed by atoms with Crippen LogP contribution in [0.15, 0.2) is 5.38 Å². The predicted molar refractivity (Wildman–Crippen MR) is 123 cm³/mol. The molecule has 2 unspecified atom stereocenters. The number of carboxylic acid groups (broad SMARTS) is 1. The zero-order valence-corrected chi connectivity index (χ0v) is 20.0. The van der Waals surface area contributed by atoms with Crippen molar-refractivity contribution in [3.8, 4) is 0 Å². The first-order chi connectivity index (χ1) is 15.2. The smallest absolute Gasteiger partial charge is 0.327 e. The standard InChI is InChI=1S/C22H30N4O4S2/c1-22(2)16(20(29)30)26-18(28)15(19(26)32-22)25-17(27)13(14-9-31-21(23)24-14)8-11-7-6-10-4-3-5-12(10)11/h9-13,15-16,19H,3-8H2,1-2H3,(H2,23,24)(H,25,27)(H,29,30)/t10-,11?,12-,13?,15+,16+,19-/m1/s1. The average molecular weight is 479 g/mol. The van der Waals surface area contributed by atoms with Gasteiger partial charge in [-0.1, -0.05) is 12.8 Å². The number of nitrogens with two attached hydrogens (primary N) is 1. The summed E-state index contributed by atoms with van der Waals surface area (Å²) in [6.07, 6.45) is 6.92. The number of carboxylic acids is 1. The first-order valence-corrected chi connectivity index (χ1v) is 13.2. The lowest BCUT2D eigenvalue weighted by Gasteiger charge is -2.44. The number of fused-ring (bicyclic) bond motifs is 2. The molecule has 0 bridgehead atoms. The van der Waals surface area contributed by atoms with E-state index in [9.17, 15) is 19.5 Å². The molecule has 4 aliphatic rings. The Labute approximate surface area is 195 Å². The van der Waals surface area contributed by atoms with Gasteiger partial charge >= 0.3 is 5.97 Å². The van der Waals surface area contributed by atoms with Crippen molar-refractivity contribution in [2.24, 2.45) is 17.8 Å². The van der Waals surface area contributed by atoms with Crippen LogP contribution in [0.1, 0.15) is 64.0 Å². The van der Waals surface area contributed by atoms with Gasteiger partial charge in [0.2, 0.25) is 11.8 Å². The van der Waals surface area contributed by atoms with E-state index in [4.69, 9.17) is 5.73 Å². The van der Waals surface area contributed by atoms with Gasteiger partial charge in [0.25, 0.3) is 0 Å². The summed E-state index contributed by atoms with van der Waals surface area (Å²) in [5.74, 6) is -0.00336. The van der Waals surface area contributed by atoms with Gasteiger partial charge in [-0.05, 0) is 57.3 Å². The highest BCUT2D eigenvalue weighted by atomic mass is 32.2. The third-order valence-electron chi connectivity index (χ3n) is 7.96. The van der Waals surface area contributed by atoms with Crippen molar-refractivity contribution in [2.45, 2.75) is 80.5 Å². The summed E-state index contributed by atoms with van der Waals surface area (Å²) in [6.45, 7) is 3.67. The molecule has 2 aliphatic heterocycles. The van der Waals surface area contributed by atoms with Gasteiger partial charge in [-0.3, -0.25) is 9.59 Å². The van der Waals surface area contributed by atoms with Crippen LogP contribution in [0.4, 0.5) is 5.13 Å². The Hall–Kier alpha value is -1.81. The quantitative estimate of drug-likeness (QED) is 0.537. The van der Waals surface area contributed by atoms with Gasteiger partial charge in [0.15, 0.2) is 5.13 Å². The van der Waals surface area contributed by atoms with Gasteiger partial charge < -0.3 is 21.1 Å². The second-order valence-electron chi connectivity index (χ2n) is 10.2. The highest BCUT2D eigenvalue weighted by Gasteiger charge is 2.64. The Bertz CT molecular complexity index is 950. The van der Waals surface area contributed by atoms with Gasteiger partial charge in [-0.2, -0.15) is 0 Å². The van der Waals surface area contributed by atoms with Crippen molar-refractivity contribution in [3.05, 3.63) is 11.1 Å². The van der Waals surface area contributed by atoms with Crippen LogP contribution in [-0.2, 0) is 14.4 Å². The summed E-state index contributed by atoms with van der Waals surface area (Å²) in [5.41, 5.74) is 6.55. The molecular formula is C22H30N4O4S2. The summed E-state index contributed by atoms with van der Waals surface area (Å²) >= 11 is 2.77. The molecule has 1 aromatic heterocycles. The van der Waals surface area contributed by atoms with Gasteiger partial charge in [-0.25, -0.2) is 9.78 Å². The van der Waals surface area contributed by atoms with E-state index in [0.29, 0.717) is 22.7 Å². The molecule has 2 aliphatic carbocycles. The van der Waals surface area contributed by atoms with E-state index in [1.165, 1.54) is 53.7 Å². The van der Waals surface area contributed by atoms with Crippen molar-refractivity contribution >= 4 is 46.0 Å². The first kappa shape index (κ1) is 22.0. The minimum absolute atomic E-state index is 0.202. The number of carbonyl (C=O) groups is 3. The number of anilines is 1. The number of nitrogens with zero attached hydrogens (tertiary/aromatic N) is 2. The summed E-state index contributed by atoms with van der Waals surface area (Å²) in [7, 11) is 0. The number of amides is 2. The fourth-order valence-corrected chi connectivity index (χ4v) is 8.75. The number of rotatable bonds is 6. The molecule has 32 heavy (non-hydrogen) atoms. The van der Waals surface area contributed by atoms with E-state index in [-0.39, 0.29) is 17.2 Å². The number of hydrogen-bond acceptors (Lipinski definition) is 7. The molecule has 2 saturated carbocycles. The Morgan fingerprint density at radius 2 is 2.12 bits per heavy atom. The van der Waals surface area contributed by atoms with E-state index in [2.05, 4.69) is 10.3 Å². The average Bonchev–Trinajstić information content (AvgIpc) is 3.47. The zero-order chi connectivity index (χ0) is 22.8. The summed E-state index contributed by atoms with van der Waals surface area (Å²) in [4.78, 5) is 43.9. The maximum absolute atomic E-state index is 13.5. The summed E-state index contributed by atoms with van der Waals surface area (Å²) in [6, 6.07) is -1.58. The number of hydrogen-bond donors (Lipinski definition) is 3. The van der Waals surface area contributed by atoms with Crippen LogP contribution in [0.5, 0.6) is 0 Å². The van der Waals surface area contributed by atoms with Crippen LogP contribution in [0.25, 0.3) is 0 Å². The summed E-state index contributed by atoms with van der Waals surface area (Å²) in [5, 5.41) is 14.5. The molecule has 3 heterocycles. The number of carbonyl (C=O) groups excluding carboxylic acids is 2. The Morgan fingerprint density at radius 1 is 1.34 bits per heavy atom. The van der Waals surface area contributed by atoms with E-state index in [1.807, 2.05) is 19.2 Å². The van der Waals surface area contributed by atoms with Crippen molar-refractivity contribution in [3.63, 3.8) is 0 Å². The molecule has 0 radical (unpaired) electrons. The normalized spacial score (nSPS) is 35.8. The highest BCUT2D eigenvalue weighted by molar-refractivity contribution is 8.01. The number of aromatic nitrogens is 1. The maximum Gasteiger partial charge on any atom is 0.327 e. The lowest BCUT2D eigenvalue weighted by Crippen LogP contribution is -2.70. The predicted octanol–water partition coefficient (Wildman–Crippen LogP) is 2.66. The first-order valence-electron chi connectivity index (χ1n) is 11.4. The molecule has 4 fully saturated rings. The molecular weight excluding hydrogens is 448 g/mol.